The maximum atomic E-state index is 11.9. The molecule has 1 atom stereocenters. The number of amides is 2. The van der Waals surface area contributed by atoms with Crippen LogP contribution in [0, 0.1) is 0 Å². The molecule has 0 radical (unpaired) electrons. The molecule has 2 rings (SSSR count). The molecule has 1 aliphatic heterocycles. The summed E-state index contributed by atoms with van der Waals surface area (Å²) in [6.45, 7) is 0.840. The number of halogens is 1. The van der Waals surface area contributed by atoms with Gasteiger partial charge in [-0.2, -0.15) is 0 Å². The molecule has 0 saturated carbocycles. The first-order chi connectivity index (χ1) is 8.58. The number of anilines is 1. The van der Waals surface area contributed by atoms with E-state index in [2.05, 4.69) is 10.6 Å². The Kier molecular flexibility index (Phi) is 3.84. The summed E-state index contributed by atoms with van der Waals surface area (Å²) in [7, 11) is 0. The fourth-order valence-electron chi connectivity index (χ4n) is 1.90. The van der Waals surface area contributed by atoms with Crippen molar-refractivity contribution in [2.24, 2.45) is 5.73 Å². The van der Waals surface area contributed by atoms with Gasteiger partial charge in [0.1, 0.15) is 0 Å². The lowest BCUT2D eigenvalue weighted by molar-refractivity contribution is -0.117. The summed E-state index contributed by atoms with van der Waals surface area (Å²) in [5.74, 6) is -0.697. The Hall–Kier alpha value is -1.59. The Morgan fingerprint density at radius 2 is 2.22 bits per heavy atom. The second-order valence-corrected chi connectivity index (χ2v) is 4.60. The monoisotopic (exact) mass is 267 g/mol. The number of carbonyl (C=O) groups excluding carboxylic acids is 2. The van der Waals surface area contributed by atoms with Crippen molar-refractivity contribution in [2.75, 3.05) is 11.9 Å². The predicted molar refractivity (Wildman–Crippen MR) is 69.6 cm³/mol. The molecule has 2 amide bonds. The normalized spacial score (nSPS) is 18.6. The van der Waals surface area contributed by atoms with E-state index in [9.17, 15) is 9.59 Å². The van der Waals surface area contributed by atoms with E-state index in [0.29, 0.717) is 16.3 Å². The minimum absolute atomic E-state index is 0.143. The SMILES string of the molecule is NC(=O)c1ccc(Cl)c(NC(=O)[C@@H]2CCCN2)c1. The number of nitrogens with two attached hydrogens (primary N) is 1. The molecule has 0 aliphatic carbocycles. The van der Waals surface area contributed by atoms with Crippen LogP contribution < -0.4 is 16.4 Å². The first kappa shape index (κ1) is 12.9. The number of carbonyl (C=O) groups is 2. The summed E-state index contributed by atoms with van der Waals surface area (Å²) < 4.78 is 0. The van der Waals surface area contributed by atoms with E-state index in [4.69, 9.17) is 17.3 Å². The number of benzene rings is 1. The van der Waals surface area contributed by atoms with Gasteiger partial charge in [-0.25, -0.2) is 0 Å². The Bertz CT molecular complexity index is 484. The highest BCUT2D eigenvalue weighted by Gasteiger charge is 2.22. The third-order valence-corrected chi connectivity index (χ3v) is 3.22. The third-order valence-electron chi connectivity index (χ3n) is 2.89. The van der Waals surface area contributed by atoms with E-state index in [-0.39, 0.29) is 11.9 Å². The standard InChI is InChI=1S/C12H14ClN3O2/c13-8-4-3-7(11(14)17)6-10(8)16-12(18)9-2-1-5-15-9/h3-4,6,9,15H,1-2,5H2,(H2,14,17)(H,16,18)/t9-/m0/s1. The second-order valence-electron chi connectivity index (χ2n) is 4.20. The van der Waals surface area contributed by atoms with E-state index in [1.807, 2.05) is 0 Å². The zero-order valence-corrected chi connectivity index (χ0v) is 10.5. The molecular weight excluding hydrogens is 254 g/mol. The molecule has 1 aromatic rings. The van der Waals surface area contributed by atoms with Crippen LogP contribution in [0.5, 0.6) is 0 Å². The van der Waals surface area contributed by atoms with Gasteiger partial charge in [-0.1, -0.05) is 11.6 Å². The summed E-state index contributed by atoms with van der Waals surface area (Å²) >= 11 is 5.96. The molecule has 1 aliphatic rings. The van der Waals surface area contributed by atoms with Crippen molar-refractivity contribution in [3.8, 4) is 0 Å². The minimum atomic E-state index is -0.554. The average Bonchev–Trinajstić information content (AvgIpc) is 2.85. The van der Waals surface area contributed by atoms with Gasteiger partial charge in [-0.15, -0.1) is 0 Å². The average molecular weight is 268 g/mol. The van der Waals surface area contributed by atoms with E-state index in [0.717, 1.165) is 19.4 Å². The van der Waals surface area contributed by atoms with Gasteiger partial charge in [-0.3, -0.25) is 9.59 Å². The van der Waals surface area contributed by atoms with Gasteiger partial charge < -0.3 is 16.4 Å². The quantitative estimate of drug-likeness (QED) is 0.768. The van der Waals surface area contributed by atoms with Crippen LogP contribution in [0.2, 0.25) is 5.02 Å². The molecular formula is C12H14ClN3O2. The Labute approximate surface area is 110 Å². The molecule has 18 heavy (non-hydrogen) atoms. The Balaban J connectivity index is 2.14. The van der Waals surface area contributed by atoms with Crippen molar-refractivity contribution in [3.63, 3.8) is 0 Å². The molecule has 5 nitrogen and oxygen atoms in total. The smallest absolute Gasteiger partial charge is 0.248 e. The molecule has 1 saturated heterocycles. The number of primary amides is 1. The van der Waals surface area contributed by atoms with E-state index in [1.54, 1.807) is 6.07 Å². The van der Waals surface area contributed by atoms with Crippen LogP contribution >= 0.6 is 11.6 Å². The van der Waals surface area contributed by atoms with E-state index in [1.165, 1.54) is 12.1 Å². The van der Waals surface area contributed by atoms with Crippen LogP contribution in [0.3, 0.4) is 0 Å². The van der Waals surface area contributed by atoms with E-state index < -0.39 is 5.91 Å². The van der Waals surface area contributed by atoms with Crippen molar-refractivity contribution in [2.45, 2.75) is 18.9 Å². The summed E-state index contributed by atoms with van der Waals surface area (Å²) in [4.78, 5) is 23.0. The maximum absolute atomic E-state index is 11.9. The molecule has 96 valence electrons. The van der Waals surface area contributed by atoms with Gasteiger partial charge in [-0.05, 0) is 37.6 Å². The van der Waals surface area contributed by atoms with Crippen LogP contribution in [0.4, 0.5) is 5.69 Å². The fourth-order valence-corrected chi connectivity index (χ4v) is 2.07. The van der Waals surface area contributed by atoms with Crippen molar-refractivity contribution < 1.29 is 9.59 Å². The lowest BCUT2D eigenvalue weighted by atomic mass is 10.1. The van der Waals surface area contributed by atoms with Crippen LogP contribution in [-0.2, 0) is 4.79 Å². The summed E-state index contributed by atoms with van der Waals surface area (Å²) in [5, 5.41) is 6.17. The first-order valence-electron chi connectivity index (χ1n) is 5.71. The van der Waals surface area contributed by atoms with Crippen molar-refractivity contribution >= 4 is 29.1 Å². The van der Waals surface area contributed by atoms with Gasteiger partial charge in [0.2, 0.25) is 11.8 Å². The molecule has 1 heterocycles. The highest BCUT2D eigenvalue weighted by Crippen LogP contribution is 2.23. The lowest BCUT2D eigenvalue weighted by Gasteiger charge is -2.12. The van der Waals surface area contributed by atoms with Crippen LogP contribution in [0.25, 0.3) is 0 Å². The molecule has 0 aromatic heterocycles. The van der Waals surface area contributed by atoms with Gasteiger partial charge in [0.15, 0.2) is 0 Å². The zero-order chi connectivity index (χ0) is 13.1. The lowest BCUT2D eigenvalue weighted by Crippen LogP contribution is -2.35. The molecule has 0 bridgehead atoms. The zero-order valence-electron chi connectivity index (χ0n) is 9.70. The van der Waals surface area contributed by atoms with Crippen molar-refractivity contribution in [1.82, 2.24) is 5.32 Å². The fraction of sp³-hybridized carbons (Fsp3) is 0.333. The summed E-state index contributed by atoms with van der Waals surface area (Å²) in [5.41, 5.74) is 5.90. The highest BCUT2D eigenvalue weighted by atomic mass is 35.5. The van der Waals surface area contributed by atoms with Crippen molar-refractivity contribution in [1.29, 1.82) is 0 Å². The number of hydrogen-bond acceptors (Lipinski definition) is 3. The Morgan fingerprint density at radius 3 is 2.83 bits per heavy atom. The third kappa shape index (κ3) is 2.80. The molecule has 0 spiro atoms. The molecule has 1 aromatic carbocycles. The molecule has 0 unspecified atom stereocenters. The van der Waals surface area contributed by atoms with Crippen molar-refractivity contribution in [3.05, 3.63) is 28.8 Å². The largest absolute Gasteiger partial charge is 0.366 e. The summed E-state index contributed by atoms with van der Waals surface area (Å²) in [6.07, 6.45) is 1.78. The topological polar surface area (TPSA) is 84.2 Å². The highest BCUT2D eigenvalue weighted by molar-refractivity contribution is 6.34. The molecule has 6 heteroatoms. The predicted octanol–water partition coefficient (Wildman–Crippen LogP) is 1.13. The van der Waals surface area contributed by atoms with Crippen LogP contribution in [-0.4, -0.2) is 24.4 Å². The van der Waals surface area contributed by atoms with Gasteiger partial charge >= 0.3 is 0 Å². The number of rotatable bonds is 3. The van der Waals surface area contributed by atoms with Crippen LogP contribution in [0.1, 0.15) is 23.2 Å². The second kappa shape index (κ2) is 5.37. The maximum Gasteiger partial charge on any atom is 0.248 e. The van der Waals surface area contributed by atoms with Crippen LogP contribution in [0.15, 0.2) is 18.2 Å². The molecule has 4 N–H and O–H groups in total. The van der Waals surface area contributed by atoms with Gasteiger partial charge in [0.25, 0.3) is 0 Å². The first-order valence-corrected chi connectivity index (χ1v) is 6.09. The van der Waals surface area contributed by atoms with Gasteiger partial charge in [0.05, 0.1) is 16.8 Å². The van der Waals surface area contributed by atoms with E-state index >= 15 is 0 Å². The Morgan fingerprint density at radius 1 is 1.44 bits per heavy atom. The van der Waals surface area contributed by atoms with Gasteiger partial charge in [0, 0.05) is 5.56 Å². The molecule has 1 fully saturated rings. The summed E-state index contributed by atoms with van der Waals surface area (Å²) in [6, 6.07) is 4.35. The number of hydrogen-bond donors (Lipinski definition) is 3. The number of nitrogens with one attached hydrogen (secondary N) is 2. The minimum Gasteiger partial charge on any atom is -0.366 e.